The summed E-state index contributed by atoms with van der Waals surface area (Å²) in [6.45, 7) is 0.947. The molecule has 3 nitrogen and oxygen atoms in total. The molecular formula is C29H35NO2. The molecule has 3 aromatic carbocycles. The molecule has 1 heterocycles. The lowest BCUT2D eigenvalue weighted by molar-refractivity contribution is 0.0180. The minimum absolute atomic E-state index is 0.315. The van der Waals surface area contributed by atoms with Crippen molar-refractivity contribution in [1.82, 2.24) is 4.90 Å². The van der Waals surface area contributed by atoms with Gasteiger partial charge in [-0.2, -0.15) is 0 Å². The van der Waals surface area contributed by atoms with Crippen molar-refractivity contribution in [3.63, 3.8) is 0 Å². The lowest BCUT2D eigenvalue weighted by Gasteiger charge is -2.44. The summed E-state index contributed by atoms with van der Waals surface area (Å²) in [6, 6.07) is 31.2. The van der Waals surface area contributed by atoms with Crippen LogP contribution in [0.4, 0.5) is 0 Å². The fourth-order valence-corrected chi connectivity index (χ4v) is 5.13. The van der Waals surface area contributed by atoms with Crippen LogP contribution in [0.15, 0.2) is 91.0 Å². The highest BCUT2D eigenvalue weighted by atomic mass is 16.3. The van der Waals surface area contributed by atoms with Crippen LogP contribution in [0, 0.1) is 0 Å². The molecule has 4 atom stereocenters. The first-order chi connectivity index (χ1) is 15.7. The highest BCUT2D eigenvalue weighted by Crippen LogP contribution is 2.34. The minimum Gasteiger partial charge on any atom is -0.388 e. The van der Waals surface area contributed by atoms with Crippen molar-refractivity contribution in [3.05, 3.63) is 108 Å². The van der Waals surface area contributed by atoms with Gasteiger partial charge in [-0.05, 0) is 48.8 Å². The van der Waals surface area contributed by atoms with Crippen molar-refractivity contribution < 1.29 is 10.2 Å². The molecule has 0 bridgehead atoms. The Balaban J connectivity index is 1.49. The van der Waals surface area contributed by atoms with Gasteiger partial charge < -0.3 is 10.2 Å². The molecule has 3 heteroatoms. The van der Waals surface area contributed by atoms with Gasteiger partial charge in [-0.15, -0.1) is 0 Å². The summed E-state index contributed by atoms with van der Waals surface area (Å²) in [7, 11) is 0. The van der Waals surface area contributed by atoms with Crippen molar-refractivity contribution in [2.45, 2.75) is 62.8 Å². The second-order valence-corrected chi connectivity index (χ2v) is 9.04. The molecular weight excluding hydrogens is 394 g/mol. The Bertz CT molecular complexity index is 860. The molecule has 0 aromatic heterocycles. The van der Waals surface area contributed by atoms with E-state index in [2.05, 4.69) is 35.2 Å². The molecule has 1 aliphatic heterocycles. The number of aliphatic hydroxyl groups excluding tert-OH is 2. The molecule has 1 fully saturated rings. The lowest BCUT2D eigenvalue weighted by Crippen LogP contribution is -2.48. The van der Waals surface area contributed by atoms with Crippen LogP contribution in [-0.4, -0.2) is 33.7 Å². The van der Waals surface area contributed by atoms with Gasteiger partial charge in [0.05, 0.1) is 12.2 Å². The topological polar surface area (TPSA) is 43.7 Å². The summed E-state index contributed by atoms with van der Waals surface area (Å²) in [6.07, 6.45) is 4.86. The van der Waals surface area contributed by atoms with Crippen LogP contribution < -0.4 is 0 Å². The molecule has 168 valence electrons. The van der Waals surface area contributed by atoms with E-state index in [-0.39, 0.29) is 0 Å². The average molecular weight is 430 g/mol. The van der Waals surface area contributed by atoms with E-state index >= 15 is 0 Å². The molecule has 32 heavy (non-hydrogen) atoms. The zero-order valence-electron chi connectivity index (χ0n) is 18.8. The maximum absolute atomic E-state index is 10.9. The quantitative estimate of drug-likeness (QED) is 0.459. The Morgan fingerprint density at radius 2 is 1.09 bits per heavy atom. The van der Waals surface area contributed by atoms with Gasteiger partial charge >= 0.3 is 0 Å². The van der Waals surface area contributed by atoms with Crippen LogP contribution in [0.25, 0.3) is 0 Å². The number of hydrogen-bond donors (Lipinski definition) is 2. The fourth-order valence-electron chi connectivity index (χ4n) is 5.13. The van der Waals surface area contributed by atoms with Gasteiger partial charge in [-0.25, -0.2) is 0 Å². The summed E-state index contributed by atoms with van der Waals surface area (Å²) < 4.78 is 0. The van der Waals surface area contributed by atoms with E-state index in [0.717, 1.165) is 56.2 Å². The maximum atomic E-state index is 10.9. The molecule has 0 unspecified atom stereocenters. The third-order valence-corrected chi connectivity index (χ3v) is 6.87. The molecule has 4 rings (SSSR count). The van der Waals surface area contributed by atoms with Gasteiger partial charge in [0.25, 0.3) is 0 Å². The first kappa shape index (κ1) is 22.7. The Kier molecular flexibility index (Phi) is 8.11. The van der Waals surface area contributed by atoms with E-state index in [1.807, 2.05) is 60.7 Å². The summed E-state index contributed by atoms with van der Waals surface area (Å²) in [5.74, 6) is 0. The second-order valence-electron chi connectivity index (χ2n) is 9.04. The molecule has 0 radical (unpaired) electrons. The van der Waals surface area contributed by atoms with E-state index in [0.29, 0.717) is 12.1 Å². The number of rotatable bonds is 9. The molecule has 3 aromatic rings. The predicted octanol–water partition coefficient (Wildman–Crippen LogP) is 5.70. The number of nitrogens with zero attached hydrogens (tertiary/aromatic N) is 1. The van der Waals surface area contributed by atoms with E-state index < -0.39 is 12.2 Å². The number of piperidine rings is 1. The first-order valence-electron chi connectivity index (χ1n) is 12.0. The van der Waals surface area contributed by atoms with Crippen LogP contribution in [0.2, 0.25) is 0 Å². The summed E-state index contributed by atoms with van der Waals surface area (Å²) in [5, 5.41) is 21.9. The average Bonchev–Trinajstić information content (AvgIpc) is 2.85. The molecule has 2 N–H and O–H groups in total. The molecule has 1 aliphatic rings. The third kappa shape index (κ3) is 6.07. The number of aliphatic hydroxyl groups is 2. The second kappa shape index (κ2) is 11.4. The van der Waals surface area contributed by atoms with Crippen LogP contribution in [0.5, 0.6) is 0 Å². The summed E-state index contributed by atoms with van der Waals surface area (Å²) in [5.41, 5.74) is 3.31. The molecule has 0 aliphatic carbocycles. The highest BCUT2D eigenvalue weighted by Gasteiger charge is 2.33. The van der Waals surface area contributed by atoms with Crippen LogP contribution in [0.3, 0.4) is 0 Å². The molecule has 1 saturated heterocycles. The van der Waals surface area contributed by atoms with Gasteiger partial charge in [0.2, 0.25) is 0 Å². The van der Waals surface area contributed by atoms with Crippen LogP contribution >= 0.6 is 0 Å². The monoisotopic (exact) mass is 429 g/mol. The standard InChI is InChI=1S/C29H35NO2/c31-28(24-13-6-2-7-14-24)21-26-17-10-18-27(22-29(32)25-15-8-3-9-16-25)30(26)20-19-23-11-4-1-5-12-23/h1-9,11-16,26-29,31-32H,10,17-22H2/t26-,27+,28-,29-/m0/s1. The van der Waals surface area contributed by atoms with Gasteiger partial charge in [0, 0.05) is 18.6 Å². The van der Waals surface area contributed by atoms with Gasteiger partial charge in [-0.3, -0.25) is 4.90 Å². The lowest BCUT2D eigenvalue weighted by atomic mass is 9.87. The summed E-state index contributed by atoms with van der Waals surface area (Å²) in [4.78, 5) is 2.58. The predicted molar refractivity (Wildman–Crippen MR) is 130 cm³/mol. The smallest absolute Gasteiger partial charge is 0.0805 e. The third-order valence-electron chi connectivity index (χ3n) is 6.87. The van der Waals surface area contributed by atoms with Crippen molar-refractivity contribution in [2.75, 3.05) is 6.54 Å². The number of hydrogen-bond acceptors (Lipinski definition) is 3. The number of benzene rings is 3. The first-order valence-corrected chi connectivity index (χ1v) is 12.0. The van der Waals surface area contributed by atoms with Gasteiger partial charge in [0.1, 0.15) is 0 Å². The molecule has 0 amide bonds. The Labute approximate surface area is 192 Å². The minimum atomic E-state index is -0.460. The highest BCUT2D eigenvalue weighted by molar-refractivity contribution is 5.19. The van der Waals surface area contributed by atoms with E-state index in [1.54, 1.807) is 0 Å². The molecule has 0 saturated carbocycles. The Morgan fingerprint density at radius 1 is 0.656 bits per heavy atom. The normalized spacial score (nSPS) is 21.2. The fraction of sp³-hybridized carbons (Fsp3) is 0.379. The van der Waals surface area contributed by atoms with Crippen LogP contribution in [0.1, 0.15) is 61.0 Å². The van der Waals surface area contributed by atoms with Crippen molar-refractivity contribution in [3.8, 4) is 0 Å². The van der Waals surface area contributed by atoms with Crippen molar-refractivity contribution >= 4 is 0 Å². The largest absolute Gasteiger partial charge is 0.388 e. The summed E-state index contributed by atoms with van der Waals surface area (Å²) >= 11 is 0. The number of likely N-dealkylation sites (tertiary alicyclic amines) is 1. The van der Waals surface area contributed by atoms with Crippen molar-refractivity contribution in [2.24, 2.45) is 0 Å². The van der Waals surface area contributed by atoms with E-state index in [1.165, 1.54) is 5.56 Å². The SMILES string of the molecule is O[C@@H](C[C@H]1CCC[C@@H](C[C@H](O)c2ccccc2)N1CCc1ccccc1)c1ccccc1. The zero-order valence-corrected chi connectivity index (χ0v) is 18.8. The van der Waals surface area contributed by atoms with Crippen LogP contribution in [-0.2, 0) is 6.42 Å². The van der Waals surface area contributed by atoms with E-state index in [4.69, 9.17) is 0 Å². The Hall–Kier alpha value is -2.46. The van der Waals surface area contributed by atoms with Gasteiger partial charge in [-0.1, -0.05) is 97.4 Å². The molecule has 0 spiro atoms. The maximum Gasteiger partial charge on any atom is 0.0805 e. The zero-order chi connectivity index (χ0) is 22.2. The van der Waals surface area contributed by atoms with Gasteiger partial charge in [0.15, 0.2) is 0 Å². The Morgan fingerprint density at radius 3 is 1.56 bits per heavy atom. The van der Waals surface area contributed by atoms with Crippen molar-refractivity contribution in [1.29, 1.82) is 0 Å². The van der Waals surface area contributed by atoms with E-state index in [9.17, 15) is 10.2 Å².